The molecule has 0 bridgehead atoms. The van der Waals surface area contributed by atoms with Crippen LogP contribution in [0.15, 0.2) is 24.5 Å². The Hall–Kier alpha value is -2.81. The van der Waals surface area contributed by atoms with Crippen LogP contribution in [0, 0.1) is 5.92 Å². The van der Waals surface area contributed by atoms with E-state index in [1.807, 2.05) is 20.8 Å². The zero-order valence-electron chi connectivity index (χ0n) is 23.7. The number of unbranched alkanes of at least 4 members (excludes halogenated alkanes) is 3. The van der Waals surface area contributed by atoms with Gasteiger partial charge in [0.25, 0.3) is 0 Å². The zero-order chi connectivity index (χ0) is 28.1. The molecule has 38 heavy (non-hydrogen) atoms. The van der Waals surface area contributed by atoms with Gasteiger partial charge in [0.15, 0.2) is 5.78 Å². The standard InChI is InChI=1S/C29H46N4O5/c1-6-8-10-12-25(34)31-24(18-21-13-15-30-16-14-21)28(37)32-22(11-9-7-2)27(36)33-23(17-20(3)4)26(35)29(5)19-38-29/h13-16,20,22-24H,6-12,17-19H2,1-5H3,(H,31,34)(H,32,37)(H,33,36)/t22-,23-,24-,29+/m0/s1. The Morgan fingerprint density at radius 1 is 0.921 bits per heavy atom. The van der Waals surface area contributed by atoms with E-state index in [2.05, 4.69) is 27.9 Å². The van der Waals surface area contributed by atoms with E-state index < -0.39 is 35.5 Å². The maximum Gasteiger partial charge on any atom is 0.243 e. The molecule has 9 nitrogen and oxygen atoms in total. The number of ether oxygens (including phenoxy) is 1. The Morgan fingerprint density at radius 3 is 2.11 bits per heavy atom. The summed E-state index contributed by atoms with van der Waals surface area (Å²) in [6.45, 7) is 10.1. The molecule has 1 aromatic heterocycles. The topological polar surface area (TPSA) is 130 Å². The fourth-order valence-corrected chi connectivity index (χ4v) is 4.31. The number of amides is 3. The molecule has 212 valence electrons. The summed E-state index contributed by atoms with van der Waals surface area (Å²) in [4.78, 5) is 56.5. The highest BCUT2D eigenvalue weighted by Crippen LogP contribution is 2.29. The second-order valence-electron chi connectivity index (χ2n) is 10.9. The highest BCUT2D eigenvalue weighted by Gasteiger charge is 2.50. The van der Waals surface area contributed by atoms with E-state index in [4.69, 9.17) is 4.74 Å². The number of Topliss-reactive ketones (excluding diaryl/α,β-unsaturated/α-hetero) is 1. The monoisotopic (exact) mass is 530 g/mol. The lowest BCUT2D eigenvalue weighted by Crippen LogP contribution is -2.57. The minimum Gasteiger partial charge on any atom is -0.361 e. The number of rotatable bonds is 18. The molecule has 1 saturated heterocycles. The molecule has 0 aromatic carbocycles. The van der Waals surface area contributed by atoms with Crippen molar-refractivity contribution in [3.05, 3.63) is 30.1 Å². The van der Waals surface area contributed by atoms with E-state index in [-0.39, 0.29) is 24.0 Å². The number of aromatic nitrogens is 1. The number of epoxide rings is 1. The number of hydrogen-bond donors (Lipinski definition) is 3. The number of hydrogen-bond acceptors (Lipinski definition) is 6. The Labute approximate surface area is 227 Å². The molecule has 0 spiro atoms. The SMILES string of the molecule is CCCCCC(=O)N[C@@H](Cc1ccncc1)C(=O)N[C@@H](CCCC)C(=O)N[C@@H](CC(C)C)C(=O)[C@@]1(C)CO1. The molecule has 3 amide bonds. The fraction of sp³-hybridized carbons (Fsp3) is 0.690. The van der Waals surface area contributed by atoms with Crippen LogP contribution in [0.2, 0.25) is 0 Å². The van der Waals surface area contributed by atoms with Crippen molar-refractivity contribution < 1.29 is 23.9 Å². The van der Waals surface area contributed by atoms with Crippen molar-refractivity contribution in [3.63, 3.8) is 0 Å². The van der Waals surface area contributed by atoms with Gasteiger partial charge in [-0.1, -0.05) is 53.4 Å². The first-order chi connectivity index (χ1) is 18.1. The summed E-state index contributed by atoms with van der Waals surface area (Å²) in [5.41, 5.74) is -0.00369. The molecule has 0 radical (unpaired) electrons. The Kier molecular flexibility index (Phi) is 12.9. The van der Waals surface area contributed by atoms with Crippen molar-refractivity contribution >= 4 is 23.5 Å². The van der Waals surface area contributed by atoms with Gasteiger partial charge >= 0.3 is 0 Å². The first-order valence-electron chi connectivity index (χ1n) is 14.1. The summed E-state index contributed by atoms with van der Waals surface area (Å²) in [5.74, 6) is -0.974. The van der Waals surface area contributed by atoms with Gasteiger partial charge in [-0.3, -0.25) is 24.2 Å². The number of nitrogens with one attached hydrogen (secondary N) is 3. The van der Waals surface area contributed by atoms with Crippen molar-refractivity contribution in [1.82, 2.24) is 20.9 Å². The molecule has 2 heterocycles. The van der Waals surface area contributed by atoms with Gasteiger partial charge in [0.1, 0.15) is 17.7 Å². The Bertz CT molecular complexity index is 917. The first-order valence-corrected chi connectivity index (χ1v) is 14.1. The van der Waals surface area contributed by atoms with Crippen molar-refractivity contribution in [1.29, 1.82) is 0 Å². The predicted octanol–water partition coefficient (Wildman–Crippen LogP) is 3.25. The van der Waals surface area contributed by atoms with Crippen LogP contribution in [-0.4, -0.2) is 58.8 Å². The number of nitrogens with zero attached hydrogens (tertiary/aromatic N) is 1. The molecule has 1 aromatic rings. The lowest BCUT2D eigenvalue weighted by Gasteiger charge is -2.26. The van der Waals surface area contributed by atoms with Crippen LogP contribution < -0.4 is 16.0 Å². The number of carbonyl (C=O) groups excluding carboxylic acids is 4. The lowest BCUT2D eigenvalue weighted by atomic mass is 9.93. The van der Waals surface area contributed by atoms with Crippen molar-refractivity contribution in [3.8, 4) is 0 Å². The molecular formula is C29H46N4O5. The highest BCUT2D eigenvalue weighted by molar-refractivity contribution is 5.98. The van der Waals surface area contributed by atoms with E-state index >= 15 is 0 Å². The Morgan fingerprint density at radius 2 is 1.53 bits per heavy atom. The summed E-state index contributed by atoms with van der Waals surface area (Å²) < 4.78 is 5.34. The molecule has 1 fully saturated rings. The second-order valence-corrected chi connectivity index (χ2v) is 10.9. The minimum atomic E-state index is -0.854. The maximum absolute atomic E-state index is 13.4. The van der Waals surface area contributed by atoms with Gasteiger partial charge in [-0.2, -0.15) is 0 Å². The third-order valence-electron chi connectivity index (χ3n) is 6.77. The van der Waals surface area contributed by atoms with E-state index in [0.29, 0.717) is 25.9 Å². The third kappa shape index (κ3) is 10.5. The van der Waals surface area contributed by atoms with Crippen LogP contribution in [0.4, 0.5) is 0 Å². The maximum atomic E-state index is 13.4. The van der Waals surface area contributed by atoms with Gasteiger partial charge in [0, 0.05) is 25.2 Å². The molecule has 0 aliphatic carbocycles. The third-order valence-corrected chi connectivity index (χ3v) is 6.77. The average molecular weight is 531 g/mol. The largest absolute Gasteiger partial charge is 0.361 e. The van der Waals surface area contributed by atoms with Crippen molar-refractivity contribution in [2.45, 2.75) is 116 Å². The molecule has 3 N–H and O–H groups in total. The second kappa shape index (κ2) is 15.6. The summed E-state index contributed by atoms with van der Waals surface area (Å²) in [6.07, 6.45) is 9.06. The lowest BCUT2D eigenvalue weighted by molar-refractivity contribution is -0.134. The van der Waals surface area contributed by atoms with Gasteiger partial charge in [0.2, 0.25) is 17.7 Å². The van der Waals surface area contributed by atoms with Crippen LogP contribution in [0.25, 0.3) is 0 Å². The van der Waals surface area contributed by atoms with Crippen LogP contribution >= 0.6 is 0 Å². The molecule has 1 aliphatic rings. The summed E-state index contributed by atoms with van der Waals surface area (Å²) in [6, 6.07) is 1.24. The first kappa shape index (κ1) is 31.4. The fourth-order valence-electron chi connectivity index (χ4n) is 4.31. The van der Waals surface area contributed by atoms with Crippen molar-refractivity contribution in [2.24, 2.45) is 5.92 Å². The number of carbonyl (C=O) groups is 4. The van der Waals surface area contributed by atoms with Crippen LogP contribution in [-0.2, 0) is 30.3 Å². The van der Waals surface area contributed by atoms with Crippen LogP contribution in [0.1, 0.15) is 91.5 Å². The molecule has 0 unspecified atom stereocenters. The van der Waals surface area contributed by atoms with Gasteiger partial charge in [0.05, 0.1) is 12.6 Å². The van der Waals surface area contributed by atoms with Crippen LogP contribution in [0.5, 0.6) is 0 Å². The van der Waals surface area contributed by atoms with Gasteiger partial charge in [-0.25, -0.2) is 0 Å². The Balaban J connectivity index is 2.16. The molecule has 0 saturated carbocycles. The molecular weight excluding hydrogens is 484 g/mol. The molecule has 4 atom stereocenters. The molecule has 9 heteroatoms. The zero-order valence-corrected chi connectivity index (χ0v) is 23.7. The summed E-state index contributed by atoms with van der Waals surface area (Å²) in [7, 11) is 0. The average Bonchev–Trinajstić information content (AvgIpc) is 3.63. The summed E-state index contributed by atoms with van der Waals surface area (Å²) >= 11 is 0. The van der Waals surface area contributed by atoms with Crippen LogP contribution in [0.3, 0.4) is 0 Å². The highest BCUT2D eigenvalue weighted by atomic mass is 16.6. The van der Waals surface area contributed by atoms with E-state index in [9.17, 15) is 19.2 Å². The smallest absolute Gasteiger partial charge is 0.243 e. The van der Waals surface area contributed by atoms with E-state index in [1.165, 1.54) is 0 Å². The van der Waals surface area contributed by atoms with Gasteiger partial charge < -0.3 is 20.7 Å². The van der Waals surface area contributed by atoms with E-state index in [0.717, 1.165) is 37.7 Å². The summed E-state index contributed by atoms with van der Waals surface area (Å²) in [5, 5.41) is 8.63. The van der Waals surface area contributed by atoms with Crippen molar-refractivity contribution in [2.75, 3.05) is 6.61 Å². The minimum absolute atomic E-state index is 0.143. The number of pyridine rings is 1. The van der Waals surface area contributed by atoms with E-state index in [1.54, 1.807) is 31.5 Å². The normalized spacial score (nSPS) is 18.8. The quantitative estimate of drug-likeness (QED) is 0.197. The molecule has 2 rings (SSSR count). The van der Waals surface area contributed by atoms with Gasteiger partial charge in [-0.15, -0.1) is 0 Å². The molecule has 1 aliphatic heterocycles. The predicted molar refractivity (Wildman–Crippen MR) is 146 cm³/mol. The van der Waals surface area contributed by atoms with Gasteiger partial charge in [-0.05, 0) is 49.8 Å². The number of ketones is 1.